The number of carbonyl (C=O) groups excluding carboxylic acids is 1. The maximum atomic E-state index is 11.2. The van der Waals surface area contributed by atoms with Crippen molar-refractivity contribution in [1.29, 1.82) is 0 Å². The van der Waals surface area contributed by atoms with Crippen LogP contribution in [0.4, 0.5) is 5.82 Å². The molecule has 1 aromatic heterocycles. The van der Waals surface area contributed by atoms with E-state index in [1.165, 1.54) is 6.92 Å². The Morgan fingerprint density at radius 2 is 2.15 bits per heavy atom. The molecule has 7 heteroatoms. The minimum atomic E-state index is -0.0384. The van der Waals surface area contributed by atoms with Crippen molar-refractivity contribution >= 4 is 23.3 Å². The van der Waals surface area contributed by atoms with E-state index in [1.54, 1.807) is 6.20 Å². The number of hydrogen-bond acceptors (Lipinski definition) is 5. The van der Waals surface area contributed by atoms with E-state index in [9.17, 15) is 4.79 Å². The van der Waals surface area contributed by atoms with E-state index < -0.39 is 0 Å². The molecule has 1 aliphatic heterocycles. The van der Waals surface area contributed by atoms with Gasteiger partial charge in [0.1, 0.15) is 22.7 Å². The lowest BCUT2D eigenvalue weighted by Gasteiger charge is -2.20. The zero-order valence-electron chi connectivity index (χ0n) is 15.9. The normalized spacial score (nSPS) is 17.6. The lowest BCUT2D eigenvalue weighted by molar-refractivity contribution is -0.119. The molecule has 0 saturated carbocycles. The van der Waals surface area contributed by atoms with Crippen molar-refractivity contribution in [2.75, 3.05) is 18.0 Å². The molecule has 3 rings (SSSR count). The van der Waals surface area contributed by atoms with Crippen molar-refractivity contribution in [3.63, 3.8) is 0 Å². The lowest BCUT2D eigenvalue weighted by Crippen LogP contribution is -2.26. The van der Waals surface area contributed by atoms with Crippen molar-refractivity contribution in [2.24, 2.45) is 0 Å². The minimum Gasteiger partial charge on any atom is -0.489 e. The van der Waals surface area contributed by atoms with Crippen molar-refractivity contribution in [2.45, 2.75) is 45.8 Å². The minimum absolute atomic E-state index is 0.0220. The van der Waals surface area contributed by atoms with Gasteiger partial charge in [-0.3, -0.25) is 4.79 Å². The molecule has 1 fully saturated rings. The third-order valence-electron chi connectivity index (χ3n) is 4.64. The highest BCUT2D eigenvalue weighted by Crippen LogP contribution is 2.28. The summed E-state index contributed by atoms with van der Waals surface area (Å²) in [5, 5.41) is 3.45. The number of hydrogen-bond donors (Lipinski definition) is 1. The summed E-state index contributed by atoms with van der Waals surface area (Å²) in [6, 6.07) is 7.84. The third kappa shape index (κ3) is 4.89. The largest absolute Gasteiger partial charge is 0.489 e. The lowest BCUT2D eigenvalue weighted by atomic mass is 10.1. The van der Waals surface area contributed by atoms with Gasteiger partial charge in [-0.1, -0.05) is 30.7 Å². The van der Waals surface area contributed by atoms with E-state index in [-0.39, 0.29) is 18.1 Å². The van der Waals surface area contributed by atoms with Gasteiger partial charge in [0, 0.05) is 26.3 Å². The highest BCUT2D eigenvalue weighted by Gasteiger charge is 2.27. The van der Waals surface area contributed by atoms with Gasteiger partial charge in [-0.15, -0.1) is 0 Å². The molecule has 1 aromatic carbocycles. The molecule has 1 N–H and O–H groups in total. The van der Waals surface area contributed by atoms with Gasteiger partial charge in [-0.2, -0.15) is 0 Å². The van der Waals surface area contributed by atoms with Crippen molar-refractivity contribution in [3.8, 4) is 5.75 Å². The van der Waals surface area contributed by atoms with Crippen LogP contribution in [-0.4, -0.2) is 35.1 Å². The van der Waals surface area contributed by atoms with Crippen molar-refractivity contribution < 1.29 is 9.53 Å². The third-order valence-corrected chi connectivity index (χ3v) is 4.91. The Kier molecular flexibility index (Phi) is 6.16. The standard InChI is InChI=1S/C20H25ClN4O2/c1-4-19-22-11-18(21)20(24-19)25-10-9-17(12-25)27-16-7-5-15(6-8-16)13(2)23-14(3)26/h5-8,11,13,17H,4,9-10,12H2,1-3H3,(H,23,26)/t13-,17+/m0/s1. The quantitative estimate of drug-likeness (QED) is 0.819. The molecule has 144 valence electrons. The van der Waals surface area contributed by atoms with Crippen molar-refractivity contribution in [1.82, 2.24) is 15.3 Å². The van der Waals surface area contributed by atoms with E-state index in [2.05, 4.69) is 20.2 Å². The summed E-state index contributed by atoms with van der Waals surface area (Å²) >= 11 is 6.29. The molecule has 2 atom stereocenters. The maximum absolute atomic E-state index is 11.2. The Labute approximate surface area is 164 Å². The van der Waals surface area contributed by atoms with Crippen LogP contribution in [0.3, 0.4) is 0 Å². The number of ether oxygens (including phenoxy) is 1. The molecular formula is C20H25ClN4O2. The summed E-state index contributed by atoms with van der Waals surface area (Å²) in [6.07, 6.45) is 3.44. The molecule has 1 saturated heterocycles. The van der Waals surface area contributed by atoms with Gasteiger partial charge in [-0.05, 0) is 24.6 Å². The number of aryl methyl sites for hydroxylation is 1. The molecule has 0 aliphatic carbocycles. The van der Waals surface area contributed by atoms with Crippen LogP contribution in [0.25, 0.3) is 0 Å². The summed E-state index contributed by atoms with van der Waals surface area (Å²) in [7, 11) is 0. The van der Waals surface area contributed by atoms with E-state index in [0.717, 1.165) is 48.9 Å². The van der Waals surface area contributed by atoms with Crippen LogP contribution in [0.15, 0.2) is 30.5 Å². The predicted octanol–water partition coefficient (Wildman–Crippen LogP) is 3.55. The molecule has 1 aliphatic rings. The van der Waals surface area contributed by atoms with E-state index in [4.69, 9.17) is 16.3 Å². The number of nitrogens with zero attached hydrogens (tertiary/aromatic N) is 3. The number of carbonyl (C=O) groups is 1. The van der Waals surface area contributed by atoms with E-state index >= 15 is 0 Å². The number of anilines is 1. The number of benzene rings is 1. The van der Waals surface area contributed by atoms with Crippen molar-refractivity contribution in [3.05, 3.63) is 46.9 Å². The highest BCUT2D eigenvalue weighted by molar-refractivity contribution is 6.32. The van der Waals surface area contributed by atoms with Crippen LogP contribution < -0.4 is 15.0 Å². The Morgan fingerprint density at radius 3 is 2.81 bits per heavy atom. The monoisotopic (exact) mass is 388 g/mol. The predicted molar refractivity (Wildman–Crippen MR) is 106 cm³/mol. The zero-order valence-corrected chi connectivity index (χ0v) is 16.7. The Hall–Kier alpha value is -2.34. The average Bonchev–Trinajstić information content (AvgIpc) is 3.10. The van der Waals surface area contributed by atoms with Gasteiger partial charge in [0.05, 0.1) is 18.8 Å². The fraction of sp³-hybridized carbons (Fsp3) is 0.450. The zero-order chi connectivity index (χ0) is 19.4. The molecular weight excluding hydrogens is 364 g/mol. The first-order valence-electron chi connectivity index (χ1n) is 9.26. The van der Waals surface area contributed by atoms with Gasteiger partial charge in [-0.25, -0.2) is 9.97 Å². The maximum Gasteiger partial charge on any atom is 0.217 e. The second kappa shape index (κ2) is 8.57. The first kappa shape index (κ1) is 19.4. The molecule has 0 bridgehead atoms. The summed E-state index contributed by atoms with van der Waals surface area (Å²) in [4.78, 5) is 22.1. The van der Waals surface area contributed by atoms with Crippen LogP contribution in [0.5, 0.6) is 5.75 Å². The van der Waals surface area contributed by atoms with Crippen LogP contribution in [0.1, 0.15) is 44.6 Å². The van der Waals surface area contributed by atoms with Gasteiger partial charge in [0.15, 0.2) is 5.82 Å². The molecule has 0 spiro atoms. The second-order valence-electron chi connectivity index (χ2n) is 6.78. The molecule has 27 heavy (non-hydrogen) atoms. The fourth-order valence-electron chi connectivity index (χ4n) is 3.22. The topological polar surface area (TPSA) is 67.3 Å². The summed E-state index contributed by atoms with van der Waals surface area (Å²) in [5.74, 6) is 2.36. The molecule has 0 radical (unpaired) electrons. The van der Waals surface area contributed by atoms with Crippen LogP contribution in [-0.2, 0) is 11.2 Å². The molecule has 0 unspecified atom stereocenters. The molecule has 1 amide bonds. The SMILES string of the molecule is CCc1ncc(Cl)c(N2CC[C@@H](Oc3ccc([C@H](C)NC(C)=O)cc3)C2)n1. The number of nitrogens with one attached hydrogen (secondary N) is 1. The first-order valence-corrected chi connectivity index (χ1v) is 9.64. The molecule has 2 heterocycles. The number of rotatable bonds is 6. The average molecular weight is 389 g/mol. The number of amides is 1. The fourth-order valence-corrected chi connectivity index (χ4v) is 3.43. The Morgan fingerprint density at radius 1 is 1.41 bits per heavy atom. The Balaban J connectivity index is 1.61. The second-order valence-corrected chi connectivity index (χ2v) is 7.18. The van der Waals surface area contributed by atoms with Gasteiger partial charge >= 0.3 is 0 Å². The van der Waals surface area contributed by atoms with Gasteiger partial charge < -0.3 is 15.0 Å². The van der Waals surface area contributed by atoms with E-state index in [0.29, 0.717) is 5.02 Å². The number of aromatic nitrogens is 2. The van der Waals surface area contributed by atoms with Gasteiger partial charge in [0.25, 0.3) is 0 Å². The highest BCUT2D eigenvalue weighted by atomic mass is 35.5. The van der Waals surface area contributed by atoms with E-state index in [1.807, 2.05) is 38.1 Å². The molecule has 2 aromatic rings. The van der Waals surface area contributed by atoms with Crippen LogP contribution in [0.2, 0.25) is 5.02 Å². The summed E-state index contributed by atoms with van der Waals surface area (Å²) in [5.41, 5.74) is 1.05. The Bertz CT molecular complexity index is 797. The van der Waals surface area contributed by atoms with Crippen LogP contribution in [0, 0.1) is 0 Å². The van der Waals surface area contributed by atoms with Crippen LogP contribution >= 0.6 is 11.6 Å². The number of halogens is 1. The molecule has 6 nitrogen and oxygen atoms in total. The van der Waals surface area contributed by atoms with Gasteiger partial charge in [0.2, 0.25) is 5.91 Å². The smallest absolute Gasteiger partial charge is 0.217 e. The summed E-state index contributed by atoms with van der Waals surface area (Å²) in [6.45, 7) is 7.10. The first-order chi connectivity index (χ1) is 13.0. The summed E-state index contributed by atoms with van der Waals surface area (Å²) < 4.78 is 6.12.